The molecule has 1 fully saturated rings. The van der Waals surface area contributed by atoms with Crippen molar-refractivity contribution in [3.8, 4) is 11.6 Å². The molecule has 306 valence electrons. The molecule has 56 heavy (non-hydrogen) atoms. The molecule has 0 spiro atoms. The molecule has 11 nitrogen and oxygen atoms in total. The minimum Gasteiger partial charge on any atom is -0.462 e. The molecule has 1 aliphatic rings. The van der Waals surface area contributed by atoms with Gasteiger partial charge in [-0.3, -0.25) is 4.79 Å². The third kappa shape index (κ3) is 10.8. The van der Waals surface area contributed by atoms with E-state index in [0.717, 1.165) is 0 Å². The number of aliphatic hydroxyl groups is 1. The Kier molecular flexibility index (Phi) is 13.9. The van der Waals surface area contributed by atoms with Crippen LogP contribution in [0.4, 0.5) is 0 Å². The highest BCUT2D eigenvalue weighted by atomic mass is 28.4. The fraction of sp³-hybridized carbons (Fsp3) is 0.568. The normalized spacial score (nSPS) is 17.6. The van der Waals surface area contributed by atoms with Gasteiger partial charge in [0.2, 0.25) is 5.89 Å². The second-order valence-corrected chi connectivity index (χ2v) is 22.3. The highest BCUT2D eigenvalue weighted by Crippen LogP contribution is 2.38. The van der Waals surface area contributed by atoms with Crippen LogP contribution in [0.15, 0.2) is 82.0 Å². The minimum absolute atomic E-state index is 0.111. The van der Waals surface area contributed by atoms with Crippen molar-refractivity contribution in [2.45, 2.75) is 124 Å². The van der Waals surface area contributed by atoms with E-state index >= 15 is 0 Å². The van der Waals surface area contributed by atoms with Gasteiger partial charge in [-0.25, -0.2) is 9.97 Å². The number of aryl methyl sites for hydroxylation is 1. The Morgan fingerprint density at radius 2 is 1.48 bits per heavy atom. The van der Waals surface area contributed by atoms with Gasteiger partial charge >= 0.3 is 5.97 Å². The second kappa shape index (κ2) is 17.9. The summed E-state index contributed by atoms with van der Waals surface area (Å²) in [6.45, 7) is 19.8. The van der Waals surface area contributed by atoms with Gasteiger partial charge in [-0.05, 0) is 49.5 Å². The number of hydrogen-bond acceptors (Lipinski definition) is 11. The zero-order chi connectivity index (χ0) is 40.8. The first-order valence-electron chi connectivity index (χ1n) is 19.7. The number of esters is 1. The highest BCUT2D eigenvalue weighted by molar-refractivity contribution is 6.99. The molecule has 3 atom stereocenters. The number of methoxy groups -OCH3 is 1. The lowest BCUT2D eigenvalue weighted by molar-refractivity contribution is -0.299. The molecule has 0 aliphatic carbocycles. The summed E-state index contributed by atoms with van der Waals surface area (Å²) in [6, 6.07) is 21.2. The number of carbonyl (C=O) groups is 1. The molecular formula is C44H62N2O9Si. The van der Waals surface area contributed by atoms with E-state index < -0.39 is 37.8 Å². The van der Waals surface area contributed by atoms with Crippen LogP contribution in [0.1, 0.15) is 106 Å². The van der Waals surface area contributed by atoms with Crippen molar-refractivity contribution in [2.24, 2.45) is 10.8 Å². The van der Waals surface area contributed by atoms with E-state index in [4.69, 9.17) is 32.2 Å². The topological polar surface area (TPSA) is 136 Å². The van der Waals surface area contributed by atoms with E-state index in [-0.39, 0.29) is 41.6 Å². The maximum absolute atomic E-state index is 13.0. The summed E-state index contributed by atoms with van der Waals surface area (Å²) in [6.07, 6.45) is 2.80. The van der Waals surface area contributed by atoms with Crippen molar-refractivity contribution in [1.29, 1.82) is 0 Å². The second-order valence-electron chi connectivity index (χ2n) is 18.0. The number of aromatic nitrogens is 2. The molecular weight excluding hydrogens is 729 g/mol. The molecule has 0 bridgehead atoms. The molecule has 0 amide bonds. The molecule has 3 heterocycles. The summed E-state index contributed by atoms with van der Waals surface area (Å²) in [5.74, 6) is -0.470. The van der Waals surface area contributed by atoms with Crippen molar-refractivity contribution < 1.29 is 42.1 Å². The van der Waals surface area contributed by atoms with Crippen LogP contribution in [0.5, 0.6) is 0 Å². The van der Waals surface area contributed by atoms with Crippen LogP contribution in [-0.2, 0) is 34.6 Å². The van der Waals surface area contributed by atoms with Crippen LogP contribution >= 0.6 is 0 Å². The monoisotopic (exact) mass is 790 g/mol. The number of rotatable bonds is 17. The van der Waals surface area contributed by atoms with Gasteiger partial charge in [0, 0.05) is 44.8 Å². The first kappa shape index (κ1) is 43.5. The van der Waals surface area contributed by atoms with Crippen molar-refractivity contribution in [3.05, 3.63) is 84.8 Å². The van der Waals surface area contributed by atoms with Crippen molar-refractivity contribution in [3.63, 3.8) is 0 Å². The summed E-state index contributed by atoms with van der Waals surface area (Å²) in [4.78, 5) is 22.3. The summed E-state index contributed by atoms with van der Waals surface area (Å²) in [7, 11) is -1.09. The minimum atomic E-state index is -2.64. The standard InChI is InChI=1S/C44H62N2O9Si/c1-41(2,3)40(48)55-32(26-44(9)52-29-43(7,8)30-53-44)24-31(47)25-37(49-10)35-27-51-39(46-35)36-28-50-38(45-36)22-17-23-54-56(42(4,5)6,33-18-13-11-14-19-33)34-20-15-12-16-21-34/h11-16,18-21,27-28,31-32,37,47H,17,22-26,29-30H2,1-10H3/t31-,32-,37-/m1/s1. The van der Waals surface area contributed by atoms with Crippen LogP contribution in [0, 0.1) is 10.8 Å². The largest absolute Gasteiger partial charge is 0.462 e. The molecule has 4 aromatic rings. The van der Waals surface area contributed by atoms with Gasteiger partial charge in [0.05, 0.1) is 24.7 Å². The number of hydrogen-bond donors (Lipinski definition) is 1. The first-order chi connectivity index (χ1) is 26.3. The number of ether oxygens (including phenoxy) is 4. The van der Waals surface area contributed by atoms with Crippen LogP contribution in [0.25, 0.3) is 11.6 Å². The summed E-state index contributed by atoms with van der Waals surface area (Å²) in [5, 5.41) is 13.7. The third-order valence-corrected chi connectivity index (χ3v) is 15.3. The molecule has 5 rings (SSSR count). The van der Waals surface area contributed by atoms with Crippen molar-refractivity contribution in [2.75, 3.05) is 26.9 Å². The maximum atomic E-state index is 13.0. The zero-order valence-corrected chi connectivity index (χ0v) is 35.9. The van der Waals surface area contributed by atoms with E-state index in [1.807, 2.05) is 19.1 Å². The van der Waals surface area contributed by atoms with Gasteiger partial charge in [0.1, 0.15) is 30.4 Å². The Balaban J connectivity index is 1.20. The molecule has 12 heteroatoms. The highest BCUT2D eigenvalue weighted by Gasteiger charge is 2.50. The predicted octanol–water partition coefficient (Wildman–Crippen LogP) is 7.80. The molecule has 1 aliphatic heterocycles. The summed E-state index contributed by atoms with van der Waals surface area (Å²) in [5.41, 5.74) is 0.133. The lowest BCUT2D eigenvalue weighted by Gasteiger charge is -2.43. The van der Waals surface area contributed by atoms with Gasteiger partial charge < -0.3 is 37.3 Å². The summed E-state index contributed by atoms with van der Waals surface area (Å²) < 4.78 is 42.6. The van der Waals surface area contributed by atoms with E-state index in [1.54, 1.807) is 27.9 Å². The van der Waals surface area contributed by atoms with E-state index in [2.05, 4.69) is 93.1 Å². The lowest BCUT2D eigenvalue weighted by Crippen LogP contribution is -2.66. The van der Waals surface area contributed by atoms with E-state index in [0.29, 0.717) is 49.9 Å². The van der Waals surface area contributed by atoms with Gasteiger partial charge in [-0.2, -0.15) is 0 Å². The first-order valence-corrected chi connectivity index (χ1v) is 21.6. The summed E-state index contributed by atoms with van der Waals surface area (Å²) >= 11 is 0. The van der Waals surface area contributed by atoms with E-state index in [9.17, 15) is 9.90 Å². The number of benzene rings is 2. The smallest absolute Gasteiger partial charge is 0.311 e. The molecule has 0 radical (unpaired) electrons. The number of aliphatic hydroxyl groups excluding tert-OH is 1. The fourth-order valence-electron chi connectivity index (χ4n) is 7.08. The molecule has 2 aromatic carbocycles. The number of carbonyl (C=O) groups excluding carboxylic acids is 1. The Morgan fingerprint density at radius 3 is 2.04 bits per heavy atom. The Labute approximate surface area is 333 Å². The SMILES string of the molecule is CO[C@H](C[C@H](O)C[C@H](CC1(C)OCC(C)(C)CO1)OC(=O)C(C)(C)C)c1coc(-c2coc(CCCO[Si](c3ccccc3)(c3ccccc3)C(C)(C)C)n2)n1. The Bertz CT molecular complexity index is 1780. The molecule has 1 saturated heterocycles. The maximum Gasteiger partial charge on any atom is 0.311 e. The van der Waals surface area contributed by atoms with Gasteiger partial charge in [-0.1, -0.05) is 95.3 Å². The number of oxazole rings is 2. The molecule has 2 aromatic heterocycles. The van der Waals surface area contributed by atoms with Crippen LogP contribution in [0.3, 0.4) is 0 Å². The quantitative estimate of drug-likeness (QED) is 0.0638. The van der Waals surface area contributed by atoms with Crippen molar-refractivity contribution >= 4 is 24.7 Å². The number of nitrogens with zero attached hydrogens (tertiary/aromatic N) is 2. The van der Waals surface area contributed by atoms with Gasteiger partial charge in [-0.15, -0.1) is 0 Å². The van der Waals surface area contributed by atoms with Gasteiger partial charge in [0.25, 0.3) is 8.32 Å². The predicted molar refractivity (Wildman–Crippen MR) is 217 cm³/mol. The Hall–Kier alpha value is -3.65. The fourth-order valence-corrected chi connectivity index (χ4v) is 11.7. The van der Waals surface area contributed by atoms with Gasteiger partial charge in [0.15, 0.2) is 17.4 Å². The van der Waals surface area contributed by atoms with Crippen molar-refractivity contribution in [1.82, 2.24) is 9.97 Å². The van der Waals surface area contributed by atoms with E-state index in [1.165, 1.54) is 22.9 Å². The third-order valence-electron chi connectivity index (χ3n) is 10.2. The van der Waals surface area contributed by atoms with Crippen LogP contribution in [-0.4, -0.2) is 74.3 Å². The molecule has 0 unspecified atom stereocenters. The lowest BCUT2D eigenvalue weighted by atomic mass is 9.93. The van der Waals surface area contributed by atoms with Crippen LogP contribution < -0.4 is 10.4 Å². The molecule has 1 N–H and O–H groups in total. The average molecular weight is 791 g/mol. The van der Waals surface area contributed by atoms with Crippen LogP contribution in [0.2, 0.25) is 5.04 Å². The molecule has 0 saturated carbocycles. The zero-order valence-electron chi connectivity index (χ0n) is 34.9. The Morgan fingerprint density at radius 1 is 0.875 bits per heavy atom. The average Bonchev–Trinajstić information content (AvgIpc) is 3.82.